The number of nitrogens with zero attached hydrogens (tertiary/aromatic N) is 2. The predicted octanol–water partition coefficient (Wildman–Crippen LogP) is 4.11. The number of ether oxygens (including phenoxy) is 3. The molecule has 0 unspecified atom stereocenters. The number of guanidine groups is 1. The molecule has 0 atom stereocenters. The Kier molecular flexibility index (Phi) is 7.09. The van der Waals surface area contributed by atoms with Crippen LogP contribution in [0, 0.1) is 0 Å². The lowest BCUT2D eigenvalue weighted by atomic mass is 10.3. The van der Waals surface area contributed by atoms with Crippen molar-refractivity contribution in [2.75, 3.05) is 31.7 Å². The van der Waals surface area contributed by atoms with E-state index < -0.39 is 11.7 Å². The highest BCUT2D eigenvalue weighted by molar-refractivity contribution is 6.31. The van der Waals surface area contributed by atoms with Crippen LogP contribution >= 0.6 is 11.6 Å². The monoisotopic (exact) mass is 444 g/mol. The summed E-state index contributed by atoms with van der Waals surface area (Å²) in [6.45, 7) is 1.69. The molecular formula is C19H20ClF3N4O3. The zero-order chi connectivity index (χ0) is 21.6. The Morgan fingerprint density at radius 2 is 2.00 bits per heavy atom. The lowest BCUT2D eigenvalue weighted by Crippen LogP contribution is -2.23. The predicted molar refractivity (Wildman–Crippen MR) is 107 cm³/mol. The summed E-state index contributed by atoms with van der Waals surface area (Å²) in [7, 11) is 0. The number of aliphatic imine (C=N–C) groups is 1. The second-order valence-electron chi connectivity index (χ2n) is 6.31. The first-order chi connectivity index (χ1) is 14.3. The van der Waals surface area contributed by atoms with Gasteiger partial charge in [-0.15, -0.1) is 0 Å². The number of hydrogen-bond donors (Lipinski definition) is 2. The maximum absolute atomic E-state index is 12.6. The van der Waals surface area contributed by atoms with Gasteiger partial charge in [0, 0.05) is 37.3 Å². The van der Waals surface area contributed by atoms with E-state index in [0.717, 1.165) is 12.5 Å². The molecule has 0 aliphatic carbocycles. The van der Waals surface area contributed by atoms with Gasteiger partial charge in [0.15, 0.2) is 17.5 Å². The molecule has 1 aliphatic rings. The SMILES string of the molecule is NC(=NCCCOc1ncc(C(F)(F)F)cc1Cl)Nc1ccc2c(c1)OCCCO2. The van der Waals surface area contributed by atoms with Crippen molar-refractivity contribution in [3.63, 3.8) is 0 Å². The van der Waals surface area contributed by atoms with Crippen molar-refractivity contribution in [2.45, 2.75) is 19.0 Å². The molecule has 30 heavy (non-hydrogen) atoms. The fourth-order valence-electron chi connectivity index (χ4n) is 2.55. The van der Waals surface area contributed by atoms with Crippen molar-refractivity contribution in [3.8, 4) is 17.4 Å². The van der Waals surface area contributed by atoms with Crippen LogP contribution in [0.25, 0.3) is 0 Å². The summed E-state index contributed by atoms with van der Waals surface area (Å²) in [5.74, 6) is 1.46. The third-order valence-electron chi connectivity index (χ3n) is 3.98. The van der Waals surface area contributed by atoms with E-state index in [4.69, 9.17) is 31.5 Å². The molecule has 0 amide bonds. The van der Waals surface area contributed by atoms with Gasteiger partial charge in [0.1, 0.15) is 5.02 Å². The molecule has 1 aromatic carbocycles. The molecule has 2 heterocycles. The summed E-state index contributed by atoms with van der Waals surface area (Å²) in [5.41, 5.74) is 5.65. The van der Waals surface area contributed by atoms with Gasteiger partial charge in [0.2, 0.25) is 5.88 Å². The van der Waals surface area contributed by atoms with Crippen LogP contribution in [0.2, 0.25) is 5.02 Å². The van der Waals surface area contributed by atoms with Crippen LogP contribution in [0.4, 0.5) is 18.9 Å². The lowest BCUT2D eigenvalue weighted by Gasteiger charge is -2.11. The van der Waals surface area contributed by atoms with Gasteiger partial charge in [-0.2, -0.15) is 13.2 Å². The fourth-order valence-corrected chi connectivity index (χ4v) is 2.77. The number of nitrogens with one attached hydrogen (secondary N) is 1. The molecule has 3 rings (SSSR count). The van der Waals surface area contributed by atoms with Crippen LogP contribution in [-0.4, -0.2) is 37.3 Å². The van der Waals surface area contributed by atoms with E-state index >= 15 is 0 Å². The Labute approximate surface area is 176 Å². The van der Waals surface area contributed by atoms with Gasteiger partial charge in [-0.25, -0.2) is 4.98 Å². The van der Waals surface area contributed by atoms with Crippen LogP contribution in [-0.2, 0) is 6.18 Å². The summed E-state index contributed by atoms with van der Waals surface area (Å²) in [6.07, 6.45) is -2.56. The van der Waals surface area contributed by atoms with Gasteiger partial charge in [0.05, 0.1) is 25.4 Å². The molecule has 3 N–H and O–H groups in total. The van der Waals surface area contributed by atoms with Crippen LogP contribution in [0.5, 0.6) is 17.4 Å². The van der Waals surface area contributed by atoms with Gasteiger partial charge < -0.3 is 25.3 Å². The van der Waals surface area contributed by atoms with E-state index in [1.165, 1.54) is 0 Å². The maximum atomic E-state index is 12.6. The topological polar surface area (TPSA) is 91.0 Å². The normalized spacial score (nSPS) is 14.2. The number of anilines is 1. The van der Waals surface area contributed by atoms with Gasteiger partial charge in [-0.1, -0.05) is 11.6 Å². The maximum Gasteiger partial charge on any atom is 0.417 e. The Bertz CT molecular complexity index is 909. The van der Waals surface area contributed by atoms with Crippen molar-refractivity contribution in [1.82, 2.24) is 4.98 Å². The number of fused-ring (bicyclic) bond motifs is 1. The van der Waals surface area contributed by atoms with E-state index in [9.17, 15) is 13.2 Å². The Balaban J connectivity index is 1.45. The van der Waals surface area contributed by atoms with Crippen LogP contribution in [0.15, 0.2) is 35.5 Å². The number of aromatic nitrogens is 1. The average molecular weight is 445 g/mol. The van der Waals surface area contributed by atoms with Crippen molar-refractivity contribution in [1.29, 1.82) is 0 Å². The Morgan fingerprint density at radius 1 is 1.23 bits per heavy atom. The van der Waals surface area contributed by atoms with E-state index in [1.807, 2.05) is 0 Å². The first-order valence-corrected chi connectivity index (χ1v) is 9.53. The zero-order valence-corrected chi connectivity index (χ0v) is 16.6. The quantitative estimate of drug-likeness (QED) is 0.396. The van der Waals surface area contributed by atoms with Gasteiger partial charge in [-0.05, 0) is 18.2 Å². The van der Waals surface area contributed by atoms with Crippen LogP contribution in [0.3, 0.4) is 0 Å². The first-order valence-electron chi connectivity index (χ1n) is 9.15. The van der Waals surface area contributed by atoms with E-state index in [2.05, 4.69) is 15.3 Å². The second-order valence-corrected chi connectivity index (χ2v) is 6.72. The minimum atomic E-state index is -4.51. The molecule has 0 saturated heterocycles. The lowest BCUT2D eigenvalue weighted by molar-refractivity contribution is -0.137. The Morgan fingerprint density at radius 3 is 2.73 bits per heavy atom. The number of nitrogens with two attached hydrogens (primary N) is 1. The second kappa shape index (κ2) is 9.75. The highest BCUT2D eigenvalue weighted by atomic mass is 35.5. The van der Waals surface area contributed by atoms with Gasteiger partial charge in [0.25, 0.3) is 0 Å². The largest absolute Gasteiger partial charge is 0.490 e. The molecule has 11 heteroatoms. The fraction of sp³-hybridized carbons (Fsp3) is 0.368. The van der Waals surface area contributed by atoms with Crippen molar-refractivity contribution in [2.24, 2.45) is 10.7 Å². The molecule has 7 nitrogen and oxygen atoms in total. The number of halogens is 4. The van der Waals surface area contributed by atoms with E-state index in [0.29, 0.717) is 49.6 Å². The molecule has 162 valence electrons. The number of rotatable bonds is 6. The number of pyridine rings is 1. The smallest absolute Gasteiger partial charge is 0.417 e. The molecule has 0 radical (unpaired) electrons. The van der Waals surface area contributed by atoms with Crippen molar-refractivity contribution >= 4 is 23.2 Å². The third kappa shape index (κ3) is 6.06. The van der Waals surface area contributed by atoms with Gasteiger partial charge in [-0.3, -0.25) is 4.99 Å². The molecule has 0 spiro atoms. The highest BCUT2D eigenvalue weighted by Crippen LogP contribution is 2.33. The van der Waals surface area contributed by atoms with E-state index in [-0.39, 0.29) is 23.5 Å². The molecule has 0 fully saturated rings. The molecule has 1 aromatic heterocycles. The van der Waals surface area contributed by atoms with Crippen LogP contribution < -0.4 is 25.3 Å². The minimum absolute atomic E-state index is 0.0630. The summed E-state index contributed by atoms with van der Waals surface area (Å²) < 4.78 is 54.3. The highest BCUT2D eigenvalue weighted by Gasteiger charge is 2.31. The zero-order valence-electron chi connectivity index (χ0n) is 15.8. The Hall–Kier alpha value is -2.88. The van der Waals surface area contributed by atoms with Gasteiger partial charge >= 0.3 is 6.18 Å². The minimum Gasteiger partial charge on any atom is -0.490 e. The average Bonchev–Trinajstić information content (AvgIpc) is 2.93. The van der Waals surface area contributed by atoms with Crippen molar-refractivity contribution < 1.29 is 27.4 Å². The first kappa shape index (κ1) is 21.8. The molecule has 0 bridgehead atoms. The standard InChI is InChI=1S/C19H20ClF3N4O3/c20-14-9-12(19(21,22)23)11-26-17(14)30-6-1-5-25-18(24)27-13-3-4-15-16(10-13)29-8-2-7-28-15/h3-4,9-11H,1-2,5-8H2,(H3,24,25,27). The van der Waals surface area contributed by atoms with Crippen molar-refractivity contribution in [3.05, 3.63) is 41.0 Å². The summed E-state index contributed by atoms with van der Waals surface area (Å²) in [4.78, 5) is 7.79. The third-order valence-corrected chi connectivity index (χ3v) is 4.25. The number of benzene rings is 1. The molecule has 0 saturated carbocycles. The number of hydrogen-bond acceptors (Lipinski definition) is 5. The van der Waals surface area contributed by atoms with Crippen LogP contribution in [0.1, 0.15) is 18.4 Å². The number of alkyl halides is 3. The molecule has 1 aliphatic heterocycles. The van der Waals surface area contributed by atoms with E-state index in [1.54, 1.807) is 18.2 Å². The summed E-state index contributed by atoms with van der Waals surface area (Å²) in [6, 6.07) is 6.16. The molecular weight excluding hydrogens is 425 g/mol. The summed E-state index contributed by atoms with van der Waals surface area (Å²) in [5, 5.41) is 2.76. The summed E-state index contributed by atoms with van der Waals surface area (Å²) >= 11 is 5.79. The molecule has 2 aromatic rings.